The molecule has 1 N–H and O–H groups in total. The number of hydrogen-bond donors (Lipinski definition) is 1. The molecule has 0 fully saturated rings. The zero-order chi connectivity index (χ0) is 29.0. The first-order valence-electron chi connectivity index (χ1n) is 12.7. The van der Waals surface area contributed by atoms with E-state index in [2.05, 4.69) is 5.32 Å². The Morgan fingerprint density at radius 2 is 1.59 bits per heavy atom. The summed E-state index contributed by atoms with van der Waals surface area (Å²) >= 11 is 6.00. The molecule has 1 atom stereocenters. The van der Waals surface area contributed by atoms with Crippen LogP contribution in [0.3, 0.4) is 0 Å². The molecule has 0 heterocycles. The standard InChI is InChI=1S/C30H36ClN3O4S/c1-21-10-9-13-26(18-21)34(39(37,38)27-16-14-25(31)15-17-27)20-28(35)33(19-24-12-8-7-11-22(24)2)23(3)29(36)32-30(4,5)6/h7-18,23H,19-20H2,1-6H3,(H,32,36)/t23-/m1/s1. The van der Waals surface area contributed by atoms with E-state index >= 15 is 0 Å². The van der Waals surface area contributed by atoms with Crippen LogP contribution in [-0.4, -0.2) is 43.3 Å². The number of carbonyl (C=O) groups excluding carboxylic acids is 2. The minimum absolute atomic E-state index is 0.00480. The average molecular weight is 570 g/mol. The number of aryl methyl sites for hydroxylation is 2. The second-order valence-corrected chi connectivity index (χ2v) is 13.0. The maximum Gasteiger partial charge on any atom is 0.264 e. The van der Waals surface area contributed by atoms with Gasteiger partial charge in [0.15, 0.2) is 0 Å². The summed E-state index contributed by atoms with van der Waals surface area (Å²) in [7, 11) is -4.15. The van der Waals surface area contributed by atoms with Gasteiger partial charge in [0.25, 0.3) is 10.0 Å². The molecule has 0 saturated carbocycles. The van der Waals surface area contributed by atoms with Crippen LogP contribution in [0.5, 0.6) is 0 Å². The van der Waals surface area contributed by atoms with Crippen molar-refractivity contribution in [3.8, 4) is 0 Å². The molecule has 7 nitrogen and oxygen atoms in total. The second kappa shape index (κ2) is 12.2. The summed E-state index contributed by atoms with van der Waals surface area (Å²) in [5.41, 5.74) is 2.51. The van der Waals surface area contributed by atoms with Crippen LogP contribution in [0.1, 0.15) is 44.4 Å². The number of halogens is 1. The van der Waals surface area contributed by atoms with E-state index in [0.29, 0.717) is 10.7 Å². The molecule has 208 valence electrons. The van der Waals surface area contributed by atoms with Crippen molar-refractivity contribution in [2.45, 2.75) is 64.6 Å². The van der Waals surface area contributed by atoms with Gasteiger partial charge in [0.1, 0.15) is 12.6 Å². The summed E-state index contributed by atoms with van der Waals surface area (Å²) in [6.07, 6.45) is 0. The quantitative estimate of drug-likeness (QED) is 0.369. The summed E-state index contributed by atoms with van der Waals surface area (Å²) in [6, 6.07) is 19.5. The number of nitrogens with one attached hydrogen (secondary N) is 1. The fraction of sp³-hybridized carbons (Fsp3) is 0.333. The van der Waals surface area contributed by atoms with Crippen LogP contribution < -0.4 is 9.62 Å². The number of hydrogen-bond acceptors (Lipinski definition) is 4. The van der Waals surface area contributed by atoms with E-state index < -0.39 is 34.1 Å². The number of sulfonamides is 1. The molecule has 0 aliphatic carbocycles. The zero-order valence-corrected chi connectivity index (χ0v) is 24.8. The SMILES string of the molecule is Cc1cccc(N(CC(=O)N(Cc2ccccc2C)[C@H](C)C(=O)NC(C)(C)C)S(=O)(=O)c2ccc(Cl)cc2)c1. The van der Waals surface area contributed by atoms with Gasteiger partial charge in [0.05, 0.1) is 10.6 Å². The molecule has 3 rings (SSSR count). The lowest BCUT2D eigenvalue weighted by Crippen LogP contribution is -2.54. The van der Waals surface area contributed by atoms with Crippen molar-refractivity contribution in [2.75, 3.05) is 10.8 Å². The molecule has 3 aromatic rings. The van der Waals surface area contributed by atoms with Gasteiger partial charge in [-0.3, -0.25) is 13.9 Å². The van der Waals surface area contributed by atoms with E-state index in [0.717, 1.165) is 21.0 Å². The van der Waals surface area contributed by atoms with E-state index in [1.165, 1.54) is 29.2 Å². The highest BCUT2D eigenvalue weighted by Crippen LogP contribution is 2.26. The van der Waals surface area contributed by atoms with Crippen LogP contribution in [0.4, 0.5) is 5.69 Å². The molecular weight excluding hydrogens is 534 g/mol. The molecule has 0 aromatic heterocycles. The van der Waals surface area contributed by atoms with Gasteiger partial charge in [-0.05, 0) is 94.6 Å². The fourth-order valence-electron chi connectivity index (χ4n) is 4.07. The van der Waals surface area contributed by atoms with Gasteiger partial charge < -0.3 is 10.2 Å². The smallest absolute Gasteiger partial charge is 0.264 e. The first kappa shape index (κ1) is 30.2. The van der Waals surface area contributed by atoms with Crippen LogP contribution in [0.15, 0.2) is 77.7 Å². The van der Waals surface area contributed by atoms with Gasteiger partial charge in [-0.1, -0.05) is 48.0 Å². The number of rotatable bonds is 9. The predicted molar refractivity (Wildman–Crippen MR) is 156 cm³/mol. The van der Waals surface area contributed by atoms with E-state index in [1.54, 1.807) is 25.1 Å². The van der Waals surface area contributed by atoms with E-state index in [4.69, 9.17) is 11.6 Å². The number of carbonyl (C=O) groups is 2. The van der Waals surface area contributed by atoms with Crippen LogP contribution in [0.2, 0.25) is 5.02 Å². The van der Waals surface area contributed by atoms with Crippen molar-refractivity contribution in [3.63, 3.8) is 0 Å². The number of amides is 2. The normalized spacial score (nSPS) is 12.5. The van der Waals surface area contributed by atoms with Crippen molar-refractivity contribution in [1.82, 2.24) is 10.2 Å². The van der Waals surface area contributed by atoms with Crippen molar-refractivity contribution < 1.29 is 18.0 Å². The van der Waals surface area contributed by atoms with Gasteiger partial charge in [0.2, 0.25) is 11.8 Å². The highest BCUT2D eigenvalue weighted by Gasteiger charge is 2.33. The Balaban J connectivity index is 2.05. The predicted octanol–water partition coefficient (Wildman–Crippen LogP) is 5.48. The summed E-state index contributed by atoms with van der Waals surface area (Å²) in [6.45, 7) is 10.7. The molecular formula is C30H36ClN3O4S. The van der Waals surface area contributed by atoms with E-state index in [1.807, 2.05) is 65.0 Å². The third kappa shape index (κ3) is 7.83. The van der Waals surface area contributed by atoms with Crippen LogP contribution >= 0.6 is 11.6 Å². The maximum absolute atomic E-state index is 14.0. The third-order valence-corrected chi connectivity index (χ3v) is 8.28. The lowest BCUT2D eigenvalue weighted by Gasteiger charge is -2.33. The maximum atomic E-state index is 14.0. The van der Waals surface area contributed by atoms with Gasteiger partial charge in [0, 0.05) is 17.1 Å². The number of benzene rings is 3. The summed E-state index contributed by atoms with van der Waals surface area (Å²) in [5.74, 6) is -0.832. The van der Waals surface area contributed by atoms with Crippen molar-refractivity contribution in [3.05, 3.63) is 94.5 Å². The average Bonchev–Trinajstić information content (AvgIpc) is 2.85. The Bertz CT molecular complexity index is 1430. The molecule has 3 aromatic carbocycles. The lowest BCUT2D eigenvalue weighted by molar-refractivity contribution is -0.140. The van der Waals surface area contributed by atoms with Gasteiger partial charge in [-0.15, -0.1) is 0 Å². The van der Waals surface area contributed by atoms with Gasteiger partial charge in [-0.25, -0.2) is 8.42 Å². The molecule has 0 aliphatic heterocycles. The van der Waals surface area contributed by atoms with Crippen LogP contribution in [0.25, 0.3) is 0 Å². The Morgan fingerprint density at radius 1 is 0.949 bits per heavy atom. The Kier molecular flexibility index (Phi) is 9.46. The molecule has 2 amide bonds. The third-order valence-electron chi connectivity index (χ3n) is 6.24. The van der Waals surface area contributed by atoms with Crippen LogP contribution in [-0.2, 0) is 26.2 Å². The minimum atomic E-state index is -4.15. The lowest BCUT2D eigenvalue weighted by atomic mass is 10.1. The molecule has 0 unspecified atom stereocenters. The first-order valence-corrected chi connectivity index (χ1v) is 14.5. The molecule has 0 radical (unpaired) electrons. The monoisotopic (exact) mass is 569 g/mol. The van der Waals surface area contributed by atoms with E-state index in [9.17, 15) is 18.0 Å². The minimum Gasteiger partial charge on any atom is -0.350 e. The van der Waals surface area contributed by atoms with Gasteiger partial charge >= 0.3 is 0 Å². The largest absolute Gasteiger partial charge is 0.350 e. The molecule has 0 aliphatic rings. The Hall–Kier alpha value is -3.36. The van der Waals surface area contributed by atoms with Crippen molar-refractivity contribution in [2.24, 2.45) is 0 Å². The molecule has 9 heteroatoms. The molecule has 0 spiro atoms. The second-order valence-electron chi connectivity index (χ2n) is 10.7. The van der Waals surface area contributed by atoms with Crippen molar-refractivity contribution >= 4 is 39.1 Å². The molecule has 0 saturated heterocycles. The summed E-state index contributed by atoms with van der Waals surface area (Å²) in [5, 5.41) is 3.33. The molecule has 0 bridgehead atoms. The van der Waals surface area contributed by atoms with Gasteiger partial charge in [-0.2, -0.15) is 0 Å². The fourth-order valence-corrected chi connectivity index (χ4v) is 5.61. The summed E-state index contributed by atoms with van der Waals surface area (Å²) < 4.78 is 28.8. The summed E-state index contributed by atoms with van der Waals surface area (Å²) in [4.78, 5) is 28.6. The number of nitrogens with zero attached hydrogens (tertiary/aromatic N) is 2. The highest BCUT2D eigenvalue weighted by molar-refractivity contribution is 7.92. The highest BCUT2D eigenvalue weighted by atomic mass is 35.5. The number of anilines is 1. The van der Waals surface area contributed by atoms with E-state index in [-0.39, 0.29) is 17.3 Å². The Labute approximate surface area is 236 Å². The Morgan fingerprint density at radius 3 is 2.18 bits per heavy atom. The zero-order valence-electron chi connectivity index (χ0n) is 23.2. The topological polar surface area (TPSA) is 86.8 Å². The first-order chi connectivity index (χ1) is 18.2. The van der Waals surface area contributed by atoms with Crippen LogP contribution in [0, 0.1) is 13.8 Å². The van der Waals surface area contributed by atoms with Crippen molar-refractivity contribution in [1.29, 1.82) is 0 Å². The molecule has 39 heavy (non-hydrogen) atoms.